The van der Waals surface area contributed by atoms with Crippen LogP contribution in [0.3, 0.4) is 0 Å². The first-order chi connectivity index (χ1) is 34.2. The number of hydrogen-bond donors (Lipinski definition) is 0. The number of rotatable bonds is 7. The van der Waals surface area contributed by atoms with Gasteiger partial charge in [-0.3, -0.25) is 0 Å². The summed E-state index contributed by atoms with van der Waals surface area (Å²) in [5.74, 6) is 1.74. The maximum atomic E-state index is 6.55. The highest BCUT2D eigenvalue weighted by Gasteiger charge is 2.46. The van der Waals surface area contributed by atoms with Crippen molar-refractivity contribution in [1.29, 1.82) is 0 Å². The van der Waals surface area contributed by atoms with Crippen molar-refractivity contribution in [1.82, 2.24) is 15.0 Å². The summed E-state index contributed by atoms with van der Waals surface area (Å²) in [6.07, 6.45) is 0. The van der Waals surface area contributed by atoms with Crippen LogP contribution in [0.1, 0.15) is 22.3 Å². The molecule has 5 nitrogen and oxygen atoms in total. The maximum absolute atomic E-state index is 6.55. The molecule has 1 aliphatic rings. The van der Waals surface area contributed by atoms with E-state index in [-0.39, 0.29) is 0 Å². The Morgan fingerprint density at radius 1 is 0.275 bits per heavy atom. The van der Waals surface area contributed by atoms with Crippen LogP contribution in [0.25, 0.3) is 111 Å². The third kappa shape index (κ3) is 6.14. The number of para-hydroxylation sites is 1. The average molecular weight is 882 g/mol. The van der Waals surface area contributed by atoms with E-state index in [1.165, 1.54) is 38.9 Å². The summed E-state index contributed by atoms with van der Waals surface area (Å²) in [4.78, 5) is 15.4. The molecule has 0 fully saturated rings. The van der Waals surface area contributed by atoms with E-state index in [0.717, 1.165) is 77.3 Å². The predicted molar refractivity (Wildman–Crippen MR) is 279 cm³/mol. The van der Waals surface area contributed by atoms with Gasteiger partial charge in [0.1, 0.15) is 22.3 Å². The Morgan fingerprint density at radius 3 is 1.52 bits per heavy atom. The number of aromatic nitrogens is 3. The lowest BCUT2D eigenvalue weighted by molar-refractivity contribution is 0.668. The van der Waals surface area contributed by atoms with Crippen molar-refractivity contribution in [3.05, 3.63) is 259 Å². The minimum Gasteiger partial charge on any atom is -0.456 e. The lowest BCUT2D eigenvalue weighted by atomic mass is 9.67. The van der Waals surface area contributed by atoms with Gasteiger partial charge in [0.25, 0.3) is 0 Å². The van der Waals surface area contributed by atoms with Gasteiger partial charge >= 0.3 is 0 Å². The number of fused-ring (bicyclic) bond motifs is 9. The highest BCUT2D eigenvalue weighted by Crippen LogP contribution is 2.56. The van der Waals surface area contributed by atoms with Crippen LogP contribution in [-0.4, -0.2) is 15.0 Å². The molecule has 14 rings (SSSR count). The van der Waals surface area contributed by atoms with Crippen molar-refractivity contribution in [2.45, 2.75) is 5.41 Å². The van der Waals surface area contributed by atoms with Gasteiger partial charge in [-0.2, -0.15) is 0 Å². The Kier molecular flexibility index (Phi) is 8.73. The Hall–Kier alpha value is -9.19. The number of hydrogen-bond acceptors (Lipinski definition) is 5. The molecule has 1 aliphatic carbocycles. The van der Waals surface area contributed by atoms with E-state index in [4.69, 9.17) is 23.8 Å². The fourth-order valence-electron chi connectivity index (χ4n) is 10.9. The fourth-order valence-corrected chi connectivity index (χ4v) is 10.9. The minimum atomic E-state index is -0.456. The van der Waals surface area contributed by atoms with E-state index in [1.54, 1.807) is 0 Å². The smallest absolute Gasteiger partial charge is 0.164 e. The number of nitrogens with zero attached hydrogens (tertiary/aromatic N) is 3. The zero-order valence-corrected chi connectivity index (χ0v) is 37.2. The summed E-state index contributed by atoms with van der Waals surface area (Å²) in [5.41, 5.74) is 17.6. The minimum absolute atomic E-state index is 0.456. The van der Waals surface area contributed by atoms with Gasteiger partial charge in [0.05, 0.1) is 5.41 Å². The van der Waals surface area contributed by atoms with Crippen molar-refractivity contribution >= 4 is 43.9 Å². The molecule has 0 amide bonds. The van der Waals surface area contributed by atoms with E-state index in [2.05, 4.69) is 164 Å². The van der Waals surface area contributed by atoms with Crippen LogP contribution in [0.15, 0.2) is 245 Å². The van der Waals surface area contributed by atoms with E-state index in [0.29, 0.717) is 17.5 Å². The molecule has 322 valence electrons. The van der Waals surface area contributed by atoms with Crippen molar-refractivity contribution in [2.75, 3.05) is 0 Å². The summed E-state index contributed by atoms with van der Waals surface area (Å²) in [6, 6.07) is 83.7. The van der Waals surface area contributed by atoms with Crippen molar-refractivity contribution in [3.8, 4) is 67.5 Å². The normalized spacial score (nSPS) is 12.8. The molecule has 0 saturated heterocycles. The Bertz CT molecular complexity index is 4080. The van der Waals surface area contributed by atoms with Crippen LogP contribution in [0, 0.1) is 0 Å². The Balaban J connectivity index is 0.868. The highest BCUT2D eigenvalue weighted by molar-refractivity contribution is 6.13. The lowest BCUT2D eigenvalue weighted by Gasteiger charge is -2.34. The zero-order chi connectivity index (χ0) is 45.5. The number of benzene rings is 10. The summed E-state index contributed by atoms with van der Waals surface area (Å²) in [5, 5.41) is 4.02. The average Bonchev–Trinajstić information content (AvgIpc) is 4.09. The van der Waals surface area contributed by atoms with Gasteiger partial charge in [0, 0.05) is 38.2 Å². The third-order valence-corrected chi connectivity index (χ3v) is 14.0. The molecule has 0 bridgehead atoms. The van der Waals surface area contributed by atoms with Gasteiger partial charge in [-0.1, -0.05) is 188 Å². The molecule has 0 unspecified atom stereocenters. The van der Waals surface area contributed by atoms with Crippen LogP contribution >= 0.6 is 0 Å². The second kappa shape index (κ2) is 15.4. The van der Waals surface area contributed by atoms with E-state index in [1.807, 2.05) is 72.8 Å². The quantitative estimate of drug-likeness (QED) is 0.160. The topological polar surface area (TPSA) is 65.0 Å². The van der Waals surface area contributed by atoms with Gasteiger partial charge in [0.2, 0.25) is 0 Å². The molecule has 0 spiro atoms. The molecule has 0 atom stereocenters. The largest absolute Gasteiger partial charge is 0.456 e. The first-order valence-corrected chi connectivity index (χ1v) is 23.3. The summed E-state index contributed by atoms with van der Waals surface area (Å²) >= 11 is 0. The molecule has 13 aromatic rings. The Labute approximate surface area is 397 Å². The molecule has 0 radical (unpaired) electrons. The van der Waals surface area contributed by atoms with Crippen LogP contribution < -0.4 is 0 Å². The second-order valence-electron chi connectivity index (χ2n) is 17.8. The molecule has 3 aromatic heterocycles. The zero-order valence-electron chi connectivity index (χ0n) is 37.2. The second-order valence-corrected chi connectivity index (χ2v) is 17.8. The summed E-state index contributed by atoms with van der Waals surface area (Å²) < 4.78 is 12.7. The van der Waals surface area contributed by atoms with Crippen LogP contribution in [-0.2, 0) is 5.41 Å². The monoisotopic (exact) mass is 881 g/mol. The van der Waals surface area contributed by atoms with Gasteiger partial charge in [-0.05, 0) is 104 Å². The maximum Gasteiger partial charge on any atom is 0.164 e. The van der Waals surface area contributed by atoms with Crippen LogP contribution in [0.2, 0.25) is 0 Å². The predicted octanol–water partition coefficient (Wildman–Crippen LogP) is 16.4. The first-order valence-electron chi connectivity index (χ1n) is 23.3. The molecular formula is C64H39N3O2. The Morgan fingerprint density at radius 2 is 0.768 bits per heavy atom. The first kappa shape index (κ1) is 39.0. The van der Waals surface area contributed by atoms with Crippen LogP contribution in [0.4, 0.5) is 0 Å². The van der Waals surface area contributed by atoms with Gasteiger partial charge < -0.3 is 8.83 Å². The van der Waals surface area contributed by atoms with Crippen molar-refractivity contribution < 1.29 is 8.83 Å². The van der Waals surface area contributed by atoms with E-state index >= 15 is 0 Å². The lowest BCUT2D eigenvalue weighted by Crippen LogP contribution is -2.28. The molecular weight excluding hydrogens is 843 g/mol. The molecule has 0 N–H and O–H groups in total. The van der Waals surface area contributed by atoms with E-state index in [9.17, 15) is 0 Å². The number of furan rings is 2. The molecule has 69 heavy (non-hydrogen) atoms. The standard InChI is InChI=1S/C64H39N3O2/c1-4-15-42(16-5-1)61-65-62(45-33-36-57-52(38-45)50-22-11-13-25-56(50)68-57)67-63(66-61)51-23-14-26-59-60(51)53-37-43(32-35-58(53)69-59)40-27-29-41(30-28-40)44-31-34-49-48-21-10-12-24-54(48)64(55(49)39-44,46-17-6-2-7-18-46)47-19-8-3-9-20-47/h1-39H. The summed E-state index contributed by atoms with van der Waals surface area (Å²) in [6.45, 7) is 0. The third-order valence-electron chi connectivity index (χ3n) is 14.0. The van der Waals surface area contributed by atoms with Crippen molar-refractivity contribution in [2.24, 2.45) is 0 Å². The summed E-state index contributed by atoms with van der Waals surface area (Å²) in [7, 11) is 0. The van der Waals surface area contributed by atoms with Gasteiger partial charge in [-0.25, -0.2) is 15.0 Å². The highest BCUT2D eigenvalue weighted by atomic mass is 16.3. The molecule has 3 heterocycles. The van der Waals surface area contributed by atoms with Gasteiger partial charge in [0.15, 0.2) is 17.5 Å². The molecule has 0 saturated carbocycles. The van der Waals surface area contributed by atoms with Gasteiger partial charge in [-0.15, -0.1) is 0 Å². The van der Waals surface area contributed by atoms with Crippen molar-refractivity contribution in [3.63, 3.8) is 0 Å². The molecule has 10 aromatic carbocycles. The molecule has 0 aliphatic heterocycles. The fraction of sp³-hybridized carbons (Fsp3) is 0.0156. The van der Waals surface area contributed by atoms with Crippen LogP contribution in [0.5, 0.6) is 0 Å². The van der Waals surface area contributed by atoms with E-state index < -0.39 is 5.41 Å². The molecule has 5 heteroatoms. The SMILES string of the molecule is c1ccc(-c2nc(-c3ccc4oc5ccccc5c4c3)nc(-c3cccc4oc5ccc(-c6ccc(-c7ccc8c(c7)C(c7ccccc7)(c7ccccc7)c7ccccc7-8)cc6)cc5c34)n2)cc1.